The van der Waals surface area contributed by atoms with E-state index in [1.807, 2.05) is 99.6 Å². The number of amides is 3. The van der Waals surface area contributed by atoms with Gasteiger partial charge < -0.3 is 24.7 Å². The third-order valence-electron chi connectivity index (χ3n) is 8.19. The van der Waals surface area contributed by atoms with E-state index < -0.39 is 17.5 Å². The van der Waals surface area contributed by atoms with Crippen LogP contribution in [0.3, 0.4) is 0 Å². The molecule has 1 aliphatic rings. The number of nitrogens with zero attached hydrogens (tertiary/aromatic N) is 3. The van der Waals surface area contributed by atoms with E-state index >= 15 is 0 Å². The molecule has 4 aromatic rings. The number of nitrogens with one attached hydrogen (secondary N) is 2. The minimum Gasteiger partial charge on any atom is -0.447 e. The molecule has 1 aliphatic heterocycles. The average Bonchev–Trinajstić information content (AvgIpc) is 3.49. The summed E-state index contributed by atoms with van der Waals surface area (Å²) in [4.78, 5) is 41.5. The Hall–Kier alpha value is -4.99. The summed E-state index contributed by atoms with van der Waals surface area (Å²) in [6.45, 7) is 5.51. The number of carbonyl (C=O) groups excluding carboxylic acids is 3. The Morgan fingerprint density at radius 3 is 2.44 bits per heavy atom. The minimum atomic E-state index is -0.957. The van der Waals surface area contributed by atoms with Gasteiger partial charge in [0.1, 0.15) is 19.2 Å². The summed E-state index contributed by atoms with van der Waals surface area (Å²) in [5.74, 6) is -0.998. The van der Waals surface area contributed by atoms with Gasteiger partial charge in [-0.2, -0.15) is 0 Å². The second kappa shape index (κ2) is 14.2. The van der Waals surface area contributed by atoms with E-state index in [2.05, 4.69) is 26.9 Å². The lowest BCUT2D eigenvalue weighted by Gasteiger charge is -2.40. The molecule has 5 rings (SSSR count). The van der Waals surface area contributed by atoms with Gasteiger partial charge in [0, 0.05) is 5.92 Å². The molecule has 3 atom stereocenters. The molecule has 10 nitrogen and oxygen atoms in total. The third kappa shape index (κ3) is 8.14. The van der Waals surface area contributed by atoms with Gasteiger partial charge in [0.15, 0.2) is 0 Å². The van der Waals surface area contributed by atoms with Crippen molar-refractivity contribution in [2.45, 2.75) is 57.5 Å². The van der Waals surface area contributed by atoms with Gasteiger partial charge in [0.05, 0.1) is 18.5 Å². The summed E-state index contributed by atoms with van der Waals surface area (Å²) in [5.41, 5.74) is 3.24. The molecule has 10 heteroatoms. The van der Waals surface area contributed by atoms with Crippen LogP contribution >= 0.6 is 0 Å². The topological polar surface area (TPSA) is 127 Å². The summed E-state index contributed by atoms with van der Waals surface area (Å²) in [7, 11) is 0. The highest BCUT2D eigenvalue weighted by molar-refractivity contribution is 5.96. The molecule has 45 heavy (non-hydrogen) atoms. The van der Waals surface area contributed by atoms with E-state index in [4.69, 9.17) is 9.15 Å². The van der Waals surface area contributed by atoms with E-state index in [0.717, 1.165) is 22.3 Å². The normalized spacial score (nSPS) is 15.9. The molecular weight excluding hydrogens is 570 g/mol. The number of rotatable bonds is 13. The fourth-order valence-electron chi connectivity index (χ4n) is 5.53. The van der Waals surface area contributed by atoms with Crippen LogP contribution in [-0.4, -0.2) is 64.1 Å². The van der Waals surface area contributed by atoms with Gasteiger partial charge in [-0.15, -0.1) is 5.10 Å². The first-order chi connectivity index (χ1) is 21.7. The molecule has 1 aromatic heterocycles. The first-order valence-corrected chi connectivity index (χ1v) is 15.2. The molecule has 0 spiro atoms. The van der Waals surface area contributed by atoms with Crippen LogP contribution in [0.2, 0.25) is 0 Å². The maximum Gasteiger partial charge on any atom is 0.414 e. The lowest BCUT2D eigenvalue weighted by molar-refractivity contribution is -0.148. The lowest BCUT2D eigenvalue weighted by Crippen LogP contribution is -2.63. The fourth-order valence-corrected chi connectivity index (χ4v) is 5.53. The van der Waals surface area contributed by atoms with E-state index in [-0.39, 0.29) is 43.5 Å². The van der Waals surface area contributed by atoms with Crippen LogP contribution in [0.4, 0.5) is 0 Å². The van der Waals surface area contributed by atoms with Crippen molar-refractivity contribution in [2.24, 2.45) is 0 Å². The van der Waals surface area contributed by atoms with Crippen molar-refractivity contribution in [3.8, 4) is 6.08 Å². The van der Waals surface area contributed by atoms with E-state index in [9.17, 15) is 14.4 Å². The molecule has 1 fully saturated rings. The van der Waals surface area contributed by atoms with Gasteiger partial charge in [0.25, 0.3) is 0 Å². The Bertz CT molecular complexity index is 1610. The Labute approximate surface area is 263 Å². The summed E-state index contributed by atoms with van der Waals surface area (Å²) >= 11 is 0. The van der Waals surface area contributed by atoms with Crippen LogP contribution in [0.15, 0.2) is 89.3 Å². The molecule has 234 valence electrons. The van der Waals surface area contributed by atoms with Gasteiger partial charge in [-0.05, 0) is 43.4 Å². The Morgan fingerprint density at radius 2 is 1.73 bits per heavy atom. The van der Waals surface area contributed by atoms with Crippen molar-refractivity contribution in [2.75, 3.05) is 19.7 Å². The molecule has 3 amide bonds. The SMILES string of the molecule is CC[C@@](C)(COc1nnc(Cc2cccc(C)c2)o1)NC(=O)C(C(Cc1ccccc1)c1ccccc1)N1CC(=O)NCC1=O. The Balaban J connectivity index is 1.37. The second-order valence-electron chi connectivity index (χ2n) is 11.8. The highest BCUT2D eigenvalue weighted by atomic mass is 16.6. The molecule has 3 aromatic carbocycles. The molecule has 1 saturated heterocycles. The summed E-state index contributed by atoms with van der Waals surface area (Å²) in [6, 6.07) is 26.6. The minimum absolute atomic E-state index is 0.0113. The monoisotopic (exact) mass is 609 g/mol. The zero-order valence-electron chi connectivity index (χ0n) is 25.9. The first kappa shape index (κ1) is 31.4. The number of piperazine rings is 1. The van der Waals surface area contributed by atoms with Gasteiger partial charge in [0.2, 0.25) is 23.6 Å². The van der Waals surface area contributed by atoms with Crippen molar-refractivity contribution >= 4 is 17.7 Å². The largest absolute Gasteiger partial charge is 0.447 e. The predicted molar refractivity (Wildman–Crippen MR) is 168 cm³/mol. The standard InChI is InChI=1S/C35H39N5O5/c1-4-35(3,23-44-34-39-38-30(45-34)20-26-15-11-12-24(2)18-26)37-33(43)32(40-22-29(41)36-21-31(40)42)28(27-16-9-6-10-17-27)19-25-13-7-5-8-14-25/h5-18,28,32H,4,19-23H2,1-3H3,(H,36,41)(H,37,43)/t28?,32?,35-/m0/s1. The van der Waals surface area contributed by atoms with E-state index in [1.165, 1.54) is 4.90 Å². The smallest absolute Gasteiger partial charge is 0.414 e. The number of hydrogen-bond acceptors (Lipinski definition) is 7. The van der Waals surface area contributed by atoms with Crippen LogP contribution < -0.4 is 15.4 Å². The van der Waals surface area contributed by atoms with Gasteiger partial charge in [-0.1, -0.05) is 103 Å². The number of ether oxygens (including phenoxy) is 1. The molecule has 0 saturated carbocycles. The fraction of sp³-hybridized carbons (Fsp3) is 0.343. The summed E-state index contributed by atoms with van der Waals surface area (Å²) < 4.78 is 11.7. The maximum atomic E-state index is 14.4. The zero-order valence-corrected chi connectivity index (χ0v) is 25.9. The lowest BCUT2D eigenvalue weighted by atomic mass is 9.83. The number of aromatic nitrogens is 2. The maximum absolute atomic E-state index is 14.4. The summed E-state index contributed by atoms with van der Waals surface area (Å²) in [6.07, 6.45) is 1.48. The molecule has 2 heterocycles. The van der Waals surface area contributed by atoms with Crippen LogP contribution in [0, 0.1) is 6.92 Å². The zero-order chi connectivity index (χ0) is 31.8. The summed E-state index contributed by atoms with van der Waals surface area (Å²) in [5, 5.41) is 13.9. The molecule has 0 radical (unpaired) electrons. The predicted octanol–water partition coefficient (Wildman–Crippen LogP) is 3.99. The van der Waals surface area contributed by atoms with Crippen LogP contribution in [0.25, 0.3) is 0 Å². The van der Waals surface area contributed by atoms with Crippen LogP contribution in [-0.2, 0) is 27.2 Å². The average molecular weight is 610 g/mol. The quantitative estimate of drug-likeness (QED) is 0.235. The van der Waals surface area contributed by atoms with Crippen molar-refractivity contribution in [3.63, 3.8) is 0 Å². The number of aryl methyl sites for hydroxylation is 1. The highest BCUT2D eigenvalue weighted by Crippen LogP contribution is 2.30. The third-order valence-corrected chi connectivity index (χ3v) is 8.19. The van der Waals surface area contributed by atoms with Crippen LogP contribution in [0.1, 0.15) is 54.3 Å². The van der Waals surface area contributed by atoms with Gasteiger partial charge in [-0.25, -0.2) is 0 Å². The van der Waals surface area contributed by atoms with E-state index in [0.29, 0.717) is 25.2 Å². The molecule has 2 unspecified atom stereocenters. The molecule has 0 aliphatic carbocycles. The van der Waals surface area contributed by atoms with E-state index in [1.54, 1.807) is 0 Å². The van der Waals surface area contributed by atoms with Crippen molar-refractivity contribution in [3.05, 3.63) is 113 Å². The molecular formula is C35H39N5O5. The van der Waals surface area contributed by atoms with Gasteiger partial charge >= 0.3 is 6.08 Å². The van der Waals surface area contributed by atoms with Crippen LogP contribution in [0.5, 0.6) is 6.08 Å². The Kier molecular flexibility index (Phi) is 9.92. The van der Waals surface area contributed by atoms with Crippen molar-refractivity contribution in [1.82, 2.24) is 25.7 Å². The van der Waals surface area contributed by atoms with Crippen molar-refractivity contribution in [1.29, 1.82) is 0 Å². The highest BCUT2D eigenvalue weighted by Gasteiger charge is 2.42. The molecule has 0 bridgehead atoms. The molecule has 2 N–H and O–H groups in total. The first-order valence-electron chi connectivity index (χ1n) is 15.2. The number of benzene rings is 3. The van der Waals surface area contributed by atoms with Gasteiger partial charge in [-0.3, -0.25) is 14.4 Å². The Morgan fingerprint density at radius 1 is 1.02 bits per heavy atom. The second-order valence-corrected chi connectivity index (χ2v) is 11.8. The number of carbonyl (C=O) groups is 3. The number of hydrogen-bond donors (Lipinski definition) is 2. The van der Waals surface area contributed by atoms with Crippen molar-refractivity contribution < 1.29 is 23.5 Å².